The molecule has 0 amide bonds. The summed E-state index contributed by atoms with van der Waals surface area (Å²) in [6.07, 6.45) is 0. The molecule has 3 rings (SSSR count). The van der Waals surface area contributed by atoms with Gasteiger partial charge in [0, 0.05) is 9.26 Å². The van der Waals surface area contributed by atoms with Crippen LogP contribution in [-0.2, 0) is 0 Å². The molecule has 0 aliphatic heterocycles. The van der Waals surface area contributed by atoms with E-state index in [2.05, 4.69) is 27.6 Å². The minimum atomic E-state index is 0.652. The number of halogens is 2. The van der Waals surface area contributed by atoms with Gasteiger partial charge in [0.1, 0.15) is 0 Å². The van der Waals surface area contributed by atoms with Crippen LogP contribution in [0.3, 0.4) is 0 Å². The summed E-state index contributed by atoms with van der Waals surface area (Å²) in [6.45, 7) is 0. The van der Waals surface area contributed by atoms with Crippen molar-refractivity contribution < 1.29 is 0 Å². The van der Waals surface area contributed by atoms with Crippen LogP contribution in [0.25, 0.3) is 16.7 Å². The molecule has 0 aliphatic carbocycles. The van der Waals surface area contributed by atoms with Crippen LogP contribution < -0.4 is 0 Å². The fraction of sp³-hybridized carbons (Fsp3) is 0. The van der Waals surface area contributed by atoms with Gasteiger partial charge in [-0.1, -0.05) is 17.7 Å². The van der Waals surface area contributed by atoms with Crippen LogP contribution in [0.4, 0.5) is 0 Å². The van der Waals surface area contributed by atoms with Gasteiger partial charge in [-0.2, -0.15) is 0 Å². The summed E-state index contributed by atoms with van der Waals surface area (Å²) in [6, 6.07) is 13.9. The van der Waals surface area contributed by atoms with Gasteiger partial charge in [-0.25, -0.2) is 0 Å². The van der Waals surface area contributed by atoms with E-state index < -0.39 is 0 Å². The molecule has 0 atom stereocenters. The van der Waals surface area contributed by atoms with E-state index in [1.807, 2.05) is 47.0 Å². The number of H-pyrrole nitrogens is 1. The smallest absolute Gasteiger partial charge is 0.182 e. The van der Waals surface area contributed by atoms with Gasteiger partial charge < -0.3 is 4.98 Å². The van der Waals surface area contributed by atoms with Gasteiger partial charge >= 0.3 is 0 Å². The standard InChI is InChI=1S/C13H8ClIN2S/c14-10-2-1-3-11-12(10)17(13(18)16-11)9-6-4-8(15)5-7-9/h1-7H,(H,16,18). The molecule has 18 heavy (non-hydrogen) atoms. The number of hydrogen-bond donors (Lipinski definition) is 1. The van der Waals surface area contributed by atoms with Crippen molar-refractivity contribution in [1.29, 1.82) is 0 Å². The Morgan fingerprint density at radius 1 is 1.11 bits per heavy atom. The van der Waals surface area contributed by atoms with E-state index in [4.69, 9.17) is 23.8 Å². The minimum absolute atomic E-state index is 0.652. The molecule has 2 nitrogen and oxygen atoms in total. The number of benzene rings is 2. The Labute approximate surface area is 128 Å². The highest BCUT2D eigenvalue weighted by Crippen LogP contribution is 2.26. The van der Waals surface area contributed by atoms with Crippen LogP contribution in [0.15, 0.2) is 42.5 Å². The normalized spacial score (nSPS) is 11.0. The third-order valence-electron chi connectivity index (χ3n) is 2.74. The highest BCUT2D eigenvalue weighted by Gasteiger charge is 2.09. The van der Waals surface area contributed by atoms with Gasteiger partial charge in [0.05, 0.1) is 16.1 Å². The van der Waals surface area contributed by atoms with Crippen LogP contribution >= 0.6 is 46.4 Å². The molecule has 0 saturated heterocycles. The number of hydrogen-bond acceptors (Lipinski definition) is 1. The summed E-state index contributed by atoms with van der Waals surface area (Å²) in [5.74, 6) is 0. The summed E-state index contributed by atoms with van der Waals surface area (Å²) >= 11 is 13.9. The Morgan fingerprint density at radius 3 is 2.56 bits per heavy atom. The molecular weight excluding hydrogens is 379 g/mol. The van der Waals surface area contributed by atoms with Crippen LogP contribution in [0.2, 0.25) is 5.02 Å². The van der Waals surface area contributed by atoms with Crippen molar-refractivity contribution in [2.75, 3.05) is 0 Å². The molecule has 90 valence electrons. The van der Waals surface area contributed by atoms with Crippen molar-refractivity contribution in [2.24, 2.45) is 0 Å². The highest BCUT2D eigenvalue weighted by molar-refractivity contribution is 14.1. The van der Waals surface area contributed by atoms with Crippen molar-refractivity contribution in [2.45, 2.75) is 0 Å². The molecule has 1 aromatic heterocycles. The SMILES string of the molecule is S=c1[nH]c2cccc(Cl)c2n1-c1ccc(I)cc1. The Balaban J connectivity index is 2.38. The first-order valence-electron chi connectivity index (χ1n) is 5.32. The number of rotatable bonds is 1. The Morgan fingerprint density at radius 2 is 1.83 bits per heavy atom. The molecular formula is C13H8ClIN2S. The molecule has 0 fully saturated rings. The fourth-order valence-electron chi connectivity index (χ4n) is 1.95. The van der Waals surface area contributed by atoms with E-state index in [1.165, 1.54) is 3.57 Å². The average Bonchev–Trinajstić information content (AvgIpc) is 2.68. The lowest BCUT2D eigenvalue weighted by atomic mass is 10.3. The molecule has 5 heteroatoms. The monoisotopic (exact) mass is 386 g/mol. The molecule has 0 bridgehead atoms. The van der Waals surface area contributed by atoms with Crippen molar-refractivity contribution in [3.05, 3.63) is 55.8 Å². The third kappa shape index (κ3) is 1.98. The van der Waals surface area contributed by atoms with Gasteiger partial charge in [0.2, 0.25) is 0 Å². The topological polar surface area (TPSA) is 20.7 Å². The molecule has 0 aliphatic rings. The number of aromatic amines is 1. The van der Waals surface area contributed by atoms with Gasteiger partial charge in [-0.15, -0.1) is 0 Å². The number of nitrogens with one attached hydrogen (secondary N) is 1. The van der Waals surface area contributed by atoms with Crippen LogP contribution in [0.1, 0.15) is 0 Å². The zero-order valence-electron chi connectivity index (χ0n) is 9.15. The molecule has 3 aromatic rings. The van der Waals surface area contributed by atoms with Crippen molar-refractivity contribution >= 4 is 57.4 Å². The Bertz CT molecular complexity index is 774. The van der Waals surface area contributed by atoms with Gasteiger partial charge in [-0.3, -0.25) is 4.57 Å². The van der Waals surface area contributed by atoms with Crippen molar-refractivity contribution in [3.63, 3.8) is 0 Å². The zero-order chi connectivity index (χ0) is 12.7. The summed E-state index contributed by atoms with van der Waals surface area (Å²) in [7, 11) is 0. The van der Waals surface area contributed by atoms with E-state index in [0.717, 1.165) is 16.7 Å². The van der Waals surface area contributed by atoms with Gasteiger partial charge in [-0.05, 0) is 71.2 Å². The predicted molar refractivity (Wildman–Crippen MR) is 86.2 cm³/mol. The number of imidazole rings is 1. The minimum Gasteiger partial charge on any atom is -0.330 e. The fourth-order valence-corrected chi connectivity index (χ4v) is 2.88. The molecule has 0 spiro atoms. The number of aromatic nitrogens is 2. The van der Waals surface area contributed by atoms with Crippen molar-refractivity contribution in [1.82, 2.24) is 9.55 Å². The average molecular weight is 387 g/mol. The maximum Gasteiger partial charge on any atom is 0.182 e. The quantitative estimate of drug-likeness (QED) is 0.464. The zero-order valence-corrected chi connectivity index (χ0v) is 12.9. The maximum atomic E-state index is 6.27. The molecule has 0 unspecified atom stereocenters. The third-order valence-corrected chi connectivity index (χ3v) is 4.05. The summed E-state index contributed by atoms with van der Waals surface area (Å²) in [4.78, 5) is 3.17. The number of para-hydroxylation sites is 1. The second-order valence-corrected chi connectivity index (χ2v) is 5.92. The highest BCUT2D eigenvalue weighted by atomic mass is 127. The maximum absolute atomic E-state index is 6.27. The van der Waals surface area contributed by atoms with Gasteiger partial charge in [0.15, 0.2) is 4.77 Å². The first-order chi connectivity index (χ1) is 8.66. The largest absolute Gasteiger partial charge is 0.330 e. The second-order valence-electron chi connectivity index (χ2n) is 3.88. The van der Waals surface area contributed by atoms with Crippen molar-refractivity contribution in [3.8, 4) is 5.69 Å². The number of fused-ring (bicyclic) bond motifs is 1. The van der Waals surface area contributed by atoms with E-state index in [9.17, 15) is 0 Å². The molecule has 0 saturated carbocycles. The summed E-state index contributed by atoms with van der Waals surface area (Å²) in [5, 5.41) is 0.693. The van der Waals surface area contributed by atoms with E-state index in [1.54, 1.807) is 0 Å². The summed E-state index contributed by atoms with van der Waals surface area (Å²) < 4.78 is 3.80. The van der Waals surface area contributed by atoms with Crippen LogP contribution in [-0.4, -0.2) is 9.55 Å². The number of nitrogens with zero attached hydrogens (tertiary/aromatic N) is 1. The van der Waals surface area contributed by atoms with Crippen LogP contribution in [0, 0.1) is 8.34 Å². The van der Waals surface area contributed by atoms with E-state index in [0.29, 0.717) is 9.79 Å². The van der Waals surface area contributed by atoms with Crippen LogP contribution in [0.5, 0.6) is 0 Å². The van der Waals surface area contributed by atoms with E-state index in [-0.39, 0.29) is 0 Å². The second kappa shape index (κ2) is 4.68. The lowest BCUT2D eigenvalue weighted by molar-refractivity contribution is 1.06. The molecule has 0 radical (unpaired) electrons. The summed E-state index contributed by atoms with van der Waals surface area (Å²) in [5.41, 5.74) is 2.89. The Hall–Kier alpha value is -0.850. The van der Waals surface area contributed by atoms with Gasteiger partial charge in [0.25, 0.3) is 0 Å². The lowest BCUT2D eigenvalue weighted by Crippen LogP contribution is -1.94. The first kappa shape index (κ1) is 12.2. The van der Waals surface area contributed by atoms with E-state index >= 15 is 0 Å². The Kier molecular flexibility index (Phi) is 3.17. The molecule has 1 heterocycles. The molecule has 1 N–H and O–H groups in total. The predicted octanol–water partition coefficient (Wildman–Crippen LogP) is 4.95. The first-order valence-corrected chi connectivity index (χ1v) is 7.18. The molecule has 2 aromatic carbocycles. The lowest BCUT2D eigenvalue weighted by Gasteiger charge is -2.05.